The summed E-state index contributed by atoms with van der Waals surface area (Å²) < 4.78 is 0. The zero-order valence-corrected chi connectivity index (χ0v) is 6.78. The fourth-order valence-corrected chi connectivity index (χ4v) is 0.862. The molecule has 64 valence electrons. The number of aliphatic imine (C=N–C) groups is 1. The van der Waals surface area contributed by atoms with Crippen molar-refractivity contribution in [2.24, 2.45) is 10.7 Å². The minimum absolute atomic E-state index is 0.0133. The highest BCUT2D eigenvalue weighted by Crippen LogP contribution is 2.12. The summed E-state index contributed by atoms with van der Waals surface area (Å²) in [6, 6.07) is 7.50. The Labute approximate surface area is 70.7 Å². The maximum absolute atomic E-state index is 8.36. The van der Waals surface area contributed by atoms with Crippen molar-refractivity contribution >= 4 is 11.6 Å². The Kier molecular flexibility index (Phi) is 2.66. The number of benzene rings is 1. The van der Waals surface area contributed by atoms with Gasteiger partial charge < -0.3 is 5.73 Å². The predicted octanol–water partition coefficient (Wildman–Crippen LogP) is 0.920. The van der Waals surface area contributed by atoms with Crippen LogP contribution >= 0.6 is 0 Å². The lowest BCUT2D eigenvalue weighted by atomic mass is 10.2. The van der Waals surface area contributed by atoms with Crippen molar-refractivity contribution in [1.82, 2.24) is 5.48 Å². The van der Waals surface area contributed by atoms with Gasteiger partial charge in [-0.1, -0.05) is 12.1 Å². The van der Waals surface area contributed by atoms with E-state index in [1.54, 1.807) is 11.5 Å². The highest BCUT2D eigenvalue weighted by Gasteiger charge is 1.90. The van der Waals surface area contributed by atoms with Crippen molar-refractivity contribution in [3.05, 3.63) is 29.8 Å². The molecule has 1 aromatic rings. The molecule has 0 radical (unpaired) electrons. The number of nitrogens with one attached hydrogen (secondary N) is 1. The first-order valence-corrected chi connectivity index (χ1v) is 3.53. The molecule has 0 saturated heterocycles. The number of hydroxylamine groups is 1. The monoisotopic (exact) mass is 165 g/mol. The van der Waals surface area contributed by atoms with Gasteiger partial charge in [0.15, 0.2) is 0 Å². The molecule has 0 amide bonds. The second kappa shape index (κ2) is 3.73. The third-order valence-electron chi connectivity index (χ3n) is 1.37. The Hall–Kier alpha value is -1.55. The van der Waals surface area contributed by atoms with E-state index in [1.165, 1.54) is 0 Å². The minimum atomic E-state index is -0.0133. The van der Waals surface area contributed by atoms with E-state index in [-0.39, 0.29) is 5.96 Å². The third kappa shape index (κ3) is 2.25. The van der Waals surface area contributed by atoms with Crippen LogP contribution in [0.3, 0.4) is 0 Å². The third-order valence-corrected chi connectivity index (χ3v) is 1.37. The van der Waals surface area contributed by atoms with Gasteiger partial charge in [-0.25, -0.2) is 10.5 Å². The summed E-state index contributed by atoms with van der Waals surface area (Å²) in [5.74, 6) is -0.0133. The van der Waals surface area contributed by atoms with Gasteiger partial charge in [0.05, 0.1) is 5.69 Å². The zero-order valence-electron chi connectivity index (χ0n) is 6.78. The Morgan fingerprint density at radius 2 is 2.33 bits per heavy atom. The molecule has 0 aromatic heterocycles. The van der Waals surface area contributed by atoms with Crippen LogP contribution in [0.5, 0.6) is 0 Å². The first-order valence-electron chi connectivity index (χ1n) is 3.53. The summed E-state index contributed by atoms with van der Waals surface area (Å²) in [7, 11) is 0. The number of aryl methyl sites for hydroxylation is 1. The number of nitrogens with zero attached hydrogens (tertiary/aromatic N) is 1. The van der Waals surface area contributed by atoms with Gasteiger partial charge in [0.25, 0.3) is 0 Å². The smallest absolute Gasteiger partial charge is 0.218 e. The van der Waals surface area contributed by atoms with Crippen molar-refractivity contribution < 1.29 is 5.21 Å². The maximum atomic E-state index is 8.36. The lowest BCUT2D eigenvalue weighted by Crippen LogP contribution is -2.27. The van der Waals surface area contributed by atoms with E-state index in [0.29, 0.717) is 5.69 Å². The summed E-state index contributed by atoms with van der Waals surface area (Å²) in [6.45, 7) is 1.96. The van der Waals surface area contributed by atoms with Crippen LogP contribution < -0.4 is 11.2 Å². The van der Waals surface area contributed by atoms with E-state index in [0.717, 1.165) is 5.56 Å². The number of rotatable bonds is 1. The molecule has 1 aromatic carbocycles. The molecular weight excluding hydrogens is 154 g/mol. The lowest BCUT2D eigenvalue weighted by molar-refractivity contribution is 0.233. The molecule has 1 rings (SSSR count). The molecule has 12 heavy (non-hydrogen) atoms. The van der Waals surface area contributed by atoms with E-state index in [4.69, 9.17) is 10.9 Å². The number of hydrogen-bond donors (Lipinski definition) is 3. The van der Waals surface area contributed by atoms with Crippen LogP contribution in [0.2, 0.25) is 0 Å². The molecule has 0 atom stereocenters. The average Bonchev–Trinajstić information content (AvgIpc) is 2.04. The summed E-state index contributed by atoms with van der Waals surface area (Å²) >= 11 is 0. The molecule has 0 bridgehead atoms. The van der Waals surface area contributed by atoms with Crippen molar-refractivity contribution in [3.8, 4) is 0 Å². The van der Waals surface area contributed by atoms with Gasteiger partial charge in [-0.05, 0) is 24.6 Å². The Bertz CT molecular complexity index is 296. The predicted molar refractivity (Wildman–Crippen MR) is 47.4 cm³/mol. The maximum Gasteiger partial charge on any atom is 0.218 e. The Morgan fingerprint density at radius 1 is 1.58 bits per heavy atom. The SMILES string of the molecule is Cc1cccc(N=C(N)NO)c1. The largest absolute Gasteiger partial charge is 0.368 e. The van der Waals surface area contributed by atoms with Gasteiger partial charge in [0, 0.05) is 0 Å². The van der Waals surface area contributed by atoms with E-state index in [1.807, 2.05) is 25.1 Å². The van der Waals surface area contributed by atoms with Crippen LogP contribution in [0.25, 0.3) is 0 Å². The van der Waals surface area contributed by atoms with Crippen molar-refractivity contribution in [1.29, 1.82) is 0 Å². The van der Waals surface area contributed by atoms with Crippen LogP contribution in [0.1, 0.15) is 5.56 Å². The standard InChI is InChI=1S/C8H11N3O/c1-6-3-2-4-7(5-6)10-8(9)11-12/h2-5,12H,1H3,(H3,9,10,11). The summed E-state index contributed by atoms with van der Waals surface area (Å²) in [5, 5.41) is 8.36. The van der Waals surface area contributed by atoms with E-state index in [2.05, 4.69) is 4.99 Å². The summed E-state index contributed by atoms with van der Waals surface area (Å²) in [4.78, 5) is 3.87. The molecule has 0 spiro atoms. The van der Waals surface area contributed by atoms with E-state index < -0.39 is 0 Å². The van der Waals surface area contributed by atoms with Crippen LogP contribution in [0, 0.1) is 6.92 Å². The molecule has 4 N–H and O–H groups in total. The highest BCUT2D eigenvalue weighted by molar-refractivity contribution is 5.79. The van der Waals surface area contributed by atoms with Crippen LogP contribution in [-0.2, 0) is 0 Å². The first-order chi connectivity index (χ1) is 5.72. The average molecular weight is 165 g/mol. The van der Waals surface area contributed by atoms with Crippen LogP contribution in [0.4, 0.5) is 5.69 Å². The Balaban J connectivity index is 2.89. The fraction of sp³-hybridized carbons (Fsp3) is 0.125. The second-order valence-electron chi connectivity index (χ2n) is 2.45. The molecule has 0 saturated carbocycles. The molecular formula is C8H11N3O. The molecule has 0 aliphatic heterocycles. The molecule has 4 nitrogen and oxygen atoms in total. The van der Waals surface area contributed by atoms with Gasteiger partial charge >= 0.3 is 0 Å². The van der Waals surface area contributed by atoms with E-state index >= 15 is 0 Å². The van der Waals surface area contributed by atoms with Gasteiger partial charge in [0.2, 0.25) is 5.96 Å². The van der Waals surface area contributed by atoms with Gasteiger partial charge in [-0.2, -0.15) is 0 Å². The number of guanidine groups is 1. The molecule has 0 unspecified atom stereocenters. The topological polar surface area (TPSA) is 70.6 Å². The van der Waals surface area contributed by atoms with Gasteiger partial charge in [-0.15, -0.1) is 0 Å². The molecule has 4 heteroatoms. The zero-order chi connectivity index (χ0) is 8.97. The lowest BCUT2D eigenvalue weighted by Gasteiger charge is -1.98. The minimum Gasteiger partial charge on any atom is -0.368 e. The highest BCUT2D eigenvalue weighted by atomic mass is 16.5. The number of nitrogens with two attached hydrogens (primary N) is 1. The van der Waals surface area contributed by atoms with Crippen molar-refractivity contribution in [2.75, 3.05) is 0 Å². The van der Waals surface area contributed by atoms with Crippen molar-refractivity contribution in [2.45, 2.75) is 6.92 Å². The van der Waals surface area contributed by atoms with Gasteiger partial charge in [-0.3, -0.25) is 5.21 Å². The number of hydrogen-bond acceptors (Lipinski definition) is 2. The molecule has 0 aliphatic rings. The van der Waals surface area contributed by atoms with Crippen LogP contribution in [0.15, 0.2) is 29.3 Å². The second-order valence-corrected chi connectivity index (χ2v) is 2.45. The van der Waals surface area contributed by atoms with E-state index in [9.17, 15) is 0 Å². The van der Waals surface area contributed by atoms with Crippen LogP contribution in [-0.4, -0.2) is 11.2 Å². The first kappa shape index (κ1) is 8.55. The Morgan fingerprint density at radius 3 is 2.92 bits per heavy atom. The molecule has 0 aliphatic carbocycles. The fourth-order valence-electron chi connectivity index (χ4n) is 0.862. The summed E-state index contributed by atoms with van der Waals surface area (Å²) in [5.41, 5.74) is 8.82. The normalized spacial score (nSPS) is 11.3. The molecule has 0 heterocycles. The van der Waals surface area contributed by atoms with Gasteiger partial charge in [0.1, 0.15) is 0 Å². The quantitative estimate of drug-likeness (QED) is 0.329. The summed E-state index contributed by atoms with van der Waals surface area (Å²) in [6.07, 6.45) is 0. The van der Waals surface area contributed by atoms with Crippen molar-refractivity contribution in [3.63, 3.8) is 0 Å². The molecule has 0 fully saturated rings.